The monoisotopic (exact) mass is 266 g/mol. The smallest absolute Gasteiger partial charge is 0.339 e. The normalized spacial score (nSPS) is 9.30. The summed E-state index contributed by atoms with van der Waals surface area (Å²) in [5.74, 6) is 6.24. The molecule has 0 aromatic heterocycles. The van der Waals surface area contributed by atoms with Crippen molar-refractivity contribution in [3.8, 4) is 17.6 Å². The minimum Gasteiger partial charge on any atom is -0.497 e. The molecule has 3 nitrogen and oxygen atoms in total. The lowest BCUT2D eigenvalue weighted by molar-refractivity contribution is 0.0600. The van der Waals surface area contributed by atoms with Crippen molar-refractivity contribution in [1.29, 1.82) is 0 Å². The van der Waals surface area contributed by atoms with Gasteiger partial charge in [-0.2, -0.15) is 0 Å². The van der Waals surface area contributed by atoms with E-state index >= 15 is 0 Å². The van der Waals surface area contributed by atoms with E-state index in [1.807, 2.05) is 30.3 Å². The molecule has 2 aromatic rings. The quantitative estimate of drug-likeness (QED) is 0.619. The molecule has 0 unspecified atom stereocenters. The minimum absolute atomic E-state index is 0.412. The van der Waals surface area contributed by atoms with E-state index in [-0.39, 0.29) is 0 Å². The first-order chi connectivity index (χ1) is 9.74. The number of carbonyl (C=O) groups excluding carboxylic acids is 1. The number of methoxy groups -OCH3 is 2. The Labute approximate surface area is 118 Å². The second-order valence-electron chi connectivity index (χ2n) is 4.02. The summed E-state index contributed by atoms with van der Waals surface area (Å²) in [4.78, 5) is 11.7. The summed E-state index contributed by atoms with van der Waals surface area (Å²) in [6, 6.07) is 14.7. The van der Waals surface area contributed by atoms with E-state index in [1.54, 1.807) is 25.3 Å². The summed E-state index contributed by atoms with van der Waals surface area (Å²) in [6.45, 7) is 0. The van der Waals surface area contributed by atoms with Crippen molar-refractivity contribution in [2.24, 2.45) is 0 Å². The topological polar surface area (TPSA) is 35.5 Å². The molecule has 0 atom stereocenters. The highest BCUT2D eigenvalue weighted by atomic mass is 16.5. The number of benzene rings is 2. The van der Waals surface area contributed by atoms with E-state index in [1.165, 1.54) is 7.11 Å². The van der Waals surface area contributed by atoms with E-state index in [0.29, 0.717) is 16.9 Å². The highest BCUT2D eigenvalue weighted by Crippen LogP contribution is 2.18. The molecule has 0 aliphatic heterocycles. The first-order valence-electron chi connectivity index (χ1n) is 6.08. The first kappa shape index (κ1) is 13.7. The molecule has 0 saturated carbocycles. The van der Waals surface area contributed by atoms with Crippen LogP contribution in [0.5, 0.6) is 5.75 Å². The largest absolute Gasteiger partial charge is 0.497 e. The van der Waals surface area contributed by atoms with Gasteiger partial charge in [0.1, 0.15) is 5.75 Å². The Morgan fingerprint density at radius 1 is 1.00 bits per heavy atom. The van der Waals surface area contributed by atoms with E-state index in [4.69, 9.17) is 9.47 Å². The second kappa shape index (κ2) is 6.44. The maximum atomic E-state index is 11.7. The Morgan fingerprint density at radius 3 is 2.40 bits per heavy atom. The lowest BCUT2D eigenvalue weighted by atomic mass is 10.1. The highest BCUT2D eigenvalue weighted by Gasteiger charge is 2.11. The van der Waals surface area contributed by atoms with Crippen molar-refractivity contribution in [3.05, 3.63) is 65.2 Å². The Hall–Kier alpha value is -2.73. The van der Waals surface area contributed by atoms with Crippen LogP contribution in [0.2, 0.25) is 0 Å². The van der Waals surface area contributed by atoms with Gasteiger partial charge >= 0.3 is 5.97 Å². The Balaban J connectivity index is 2.43. The molecule has 0 radical (unpaired) electrons. The van der Waals surface area contributed by atoms with Crippen molar-refractivity contribution in [2.45, 2.75) is 0 Å². The maximum absolute atomic E-state index is 11.7. The van der Waals surface area contributed by atoms with Crippen LogP contribution in [0.25, 0.3) is 0 Å². The second-order valence-corrected chi connectivity index (χ2v) is 4.02. The summed E-state index contributed by atoms with van der Waals surface area (Å²) in [5.41, 5.74) is 1.89. The fourth-order valence-electron chi connectivity index (χ4n) is 1.70. The molecule has 0 bridgehead atoms. The summed E-state index contributed by atoms with van der Waals surface area (Å²) < 4.78 is 9.91. The van der Waals surface area contributed by atoms with Crippen molar-refractivity contribution in [2.75, 3.05) is 14.2 Å². The molecule has 0 spiro atoms. The van der Waals surface area contributed by atoms with Crippen LogP contribution >= 0.6 is 0 Å². The Kier molecular flexibility index (Phi) is 4.41. The number of hydrogen-bond donors (Lipinski definition) is 0. The van der Waals surface area contributed by atoms with Gasteiger partial charge in [0.2, 0.25) is 0 Å². The predicted octanol–water partition coefficient (Wildman–Crippen LogP) is 2.88. The third-order valence-corrected chi connectivity index (χ3v) is 2.75. The summed E-state index contributed by atoms with van der Waals surface area (Å²) >= 11 is 0. The zero-order valence-corrected chi connectivity index (χ0v) is 11.3. The van der Waals surface area contributed by atoms with E-state index < -0.39 is 5.97 Å². The van der Waals surface area contributed by atoms with Gasteiger partial charge in [-0.15, -0.1) is 0 Å². The van der Waals surface area contributed by atoms with Gasteiger partial charge in [-0.3, -0.25) is 0 Å². The fraction of sp³-hybridized carbons (Fsp3) is 0.118. The SMILES string of the molecule is COC(=O)c1ccc(OC)cc1C#Cc1ccccc1. The van der Waals surface area contributed by atoms with E-state index in [9.17, 15) is 4.79 Å². The molecule has 2 aromatic carbocycles. The lowest BCUT2D eigenvalue weighted by Gasteiger charge is -2.05. The van der Waals surface area contributed by atoms with Crippen LogP contribution in [-0.2, 0) is 4.74 Å². The van der Waals surface area contributed by atoms with Gasteiger partial charge in [0.25, 0.3) is 0 Å². The molecular formula is C17H14O3. The summed E-state index contributed by atoms with van der Waals surface area (Å²) in [7, 11) is 2.92. The van der Waals surface area contributed by atoms with Gasteiger partial charge in [-0.25, -0.2) is 4.79 Å². The standard InChI is InChI=1S/C17H14O3/c1-19-15-10-11-16(17(18)20-2)14(12-15)9-8-13-6-4-3-5-7-13/h3-7,10-12H,1-2H3. The third-order valence-electron chi connectivity index (χ3n) is 2.75. The number of carbonyl (C=O) groups is 1. The zero-order valence-electron chi connectivity index (χ0n) is 11.3. The number of esters is 1. The molecule has 0 aliphatic rings. The molecule has 0 heterocycles. The van der Waals surface area contributed by atoms with Gasteiger partial charge in [-0.05, 0) is 30.3 Å². The number of rotatable bonds is 2. The van der Waals surface area contributed by atoms with Gasteiger partial charge in [-0.1, -0.05) is 30.0 Å². The number of hydrogen-bond acceptors (Lipinski definition) is 3. The fourth-order valence-corrected chi connectivity index (χ4v) is 1.70. The van der Waals surface area contributed by atoms with Crippen LogP contribution in [0.3, 0.4) is 0 Å². The summed E-state index contributed by atoms with van der Waals surface area (Å²) in [5, 5.41) is 0. The van der Waals surface area contributed by atoms with Gasteiger partial charge in [0.05, 0.1) is 19.8 Å². The van der Waals surface area contributed by atoms with Crippen molar-refractivity contribution in [3.63, 3.8) is 0 Å². The van der Waals surface area contributed by atoms with Gasteiger partial charge in [0.15, 0.2) is 0 Å². The zero-order chi connectivity index (χ0) is 14.4. The Morgan fingerprint density at radius 2 is 1.75 bits per heavy atom. The first-order valence-corrected chi connectivity index (χ1v) is 6.08. The maximum Gasteiger partial charge on any atom is 0.339 e. The van der Waals surface area contributed by atoms with Gasteiger partial charge in [0, 0.05) is 11.1 Å². The van der Waals surface area contributed by atoms with Crippen LogP contribution in [0, 0.1) is 11.8 Å². The van der Waals surface area contributed by atoms with Crippen LogP contribution in [0.15, 0.2) is 48.5 Å². The van der Waals surface area contributed by atoms with E-state index in [0.717, 1.165) is 5.56 Å². The average Bonchev–Trinajstić information content (AvgIpc) is 2.52. The molecule has 0 fully saturated rings. The predicted molar refractivity (Wildman–Crippen MR) is 76.8 cm³/mol. The molecule has 20 heavy (non-hydrogen) atoms. The molecule has 0 N–H and O–H groups in total. The lowest BCUT2D eigenvalue weighted by Crippen LogP contribution is -2.04. The van der Waals surface area contributed by atoms with E-state index in [2.05, 4.69) is 11.8 Å². The molecule has 100 valence electrons. The highest BCUT2D eigenvalue weighted by molar-refractivity contribution is 5.92. The van der Waals surface area contributed by atoms with Crippen molar-refractivity contribution < 1.29 is 14.3 Å². The van der Waals surface area contributed by atoms with Gasteiger partial charge < -0.3 is 9.47 Å². The number of ether oxygens (including phenoxy) is 2. The molecule has 0 aliphatic carbocycles. The molecular weight excluding hydrogens is 252 g/mol. The molecule has 0 amide bonds. The van der Waals surface area contributed by atoms with Crippen LogP contribution in [-0.4, -0.2) is 20.2 Å². The average molecular weight is 266 g/mol. The van der Waals surface area contributed by atoms with Crippen LogP contribution in [0.4, 0.5) is 0 Å². The molecule has 3 heteroatoms. The van der Waals surface area contributed by atoms with Crippen molar-refractivity contribution >= 4 is 5.97 Å². The molecule has 2 rings (SSSR count). The summed E-state index contributed by atoms with van der Waals surface area (Å²) in [6.07, 6.45) is 0. The Bertz CT molecular complexity index is 664. The third kappa shape index (κ3) is 3.18. The van der Waals surface area contributed by atoms with Crippen LogP contribution in [0.1, 0.15) is 21.5 Å². The minimum atomic E-state index is -0.412. The molecule has 0 saturated heterocycles. The van der Waals surface area contributed by atoms with Crippen molar-refractivity contribution in [1.82, 2.24) is 0 Å². The van der Waals surface area contributed by atoms with Crippen LogP contribution < -0.4 is 4.74 Å².